The number of carboxylic acid groups (broad SMARTS) is 1. The van der Waals surface area contributed by atoms with Crippen LogP contribution < -0.4 is 14.2 Å². The summed E-state index contributed by atoms with van der Waals surface area (Å²) in [5.74, 6) is 0.113. The average molecular weight is 302 g/mol. The van der Waals surface area contributed by atoms with Crippen molar-refractivity contribution in [2.45, 2.75) is 5.92 Å². The van der Waals surface area contributed by atoms with Crippen molar-refractivity contribution in [3.05, 3.63) is 54.1 Å². The summed E-state index contributed by atoms with van der Waals surface area (Å²) in [7, 11) is 3.11. The topological polar surface area (TPSA) is 65.0 Å². The van der Waals surface area contributed by atoms with E-state index in [1.54, 1.807) is 62.8 Å². The Morgan fingerprint density at radius 1 is 1.00 bits per heavy atom. The molecule has 0 radical (unpaired) electrons. The average Bonchev–Trinajstić information content (AvgIpc) is 2.55. The quantitative estimate of drug-likeness (QED) is 0.852. The molecule has 2 aromatic carbocycles. The number of hydrogen-bond acceptors (Lipinski definition) is 4. The van der Waals surface area contributed by atoms with Gasteiger partial charge in [-0.15, -0.1) is 0 Å². The van der Waals surface area contributed by atoms with E-state index >= 15 is 0 Å². The van der Waals surface area contributed by atoms with E-state index in [2.05, 4.69) is 0 Å². The lowest BCUT2D eigenvalue weighted by Crippen LogP contribution is -2.19. The highest BCUT2D eigenvalue weighted by Crippen LogP contribution is 2.24. The molecule has 0 aromatic heterocycles. The molecule has 1 unspecified atom stereocenters. The van der Waals surface area contributed by atoms with Gasteiger partial charge in [-0.2, -0.15) is 0 Å². The normalized spacial score (nSPS) is 11.5. The van der Waals surface area contributed by atoms with E-state index in [4.69, 9.17) is 14.2 Å². The summed E-state index contributed by atoms with van der Waals surface area (Å²) in [6.45, 7) is 0.0235. The molecule has 0 saturated carbocycles. The van der Waals surface area contributed by atoms with Gasteiger partial charge in [0.05, 0.1) is 14.2 Å². The van der Waals surface area contributed by atoms with Crippen molar-refractivity contribution in [1.82, 2.24) is 0 Å². The van der Waals surface area contributed by atoms with E-state index in [1.165, 1.54) is 0 Å². The van der Waals surface area contributed by atoms with Crippen molar-refractivity contribution in [1.29, 1.82) is 0 Å². The van der Waals surface area contributed by atoms with Crippen molar-refractivity contribution >= 4 is 5.97 Å². The number of rotatable bonds is 7. The highest BCUT2D eigenvalue weighted by molar-refractivity contribution is 5.76. The summed E-state index contributed by atoms with van der Waals surface area (Å²) in [5, 5.41) is 9.42. The van der Waals surface area contributed by atoms with Crippen LogP contribution in [0.1, 0.15) is 11.5 Å². The standard InChI is InChI=1S/C17H18O5/c1-20-13-6-3-5-12(9-13)16(17(18)19)11-22-15-8-4-7-14(10-15)21-2/h3-10,16H,11H2,1-2H3,(H,18,19). The zero-order valence-corrected chi connectivity index (χ0v) is 12.5. The molecular weight excluding hydrogens is 284 g/mol. The van der Waals surface area contributed by atoms with Gasteiger partial charge in [0.15, 0.2) is 0 Å². The van der Waals surface area contributed by atoms with Crippen LogP contribution in [0, 0.1) is 0 Å². The smallest absolute Gasteiger partial charge is 0.314 e. The molecule has 0 saturated heterocycles. The van der Waals surface area contributed by atoms with E-state index in [9.17, 15) is 9.90 Å². The third-order valence-corrected chi connectivity index (χ3v) is 3.25. The first-order valence-corrected chi connectivity index (χ1v) is 6.77. The van der Waals surface area contributed by atoms with Gasteiger partial charge in [-0.05, 0) is 29.8 Å². The molecule has 0 aliphatic carbocycles. The largest absolute Gasteiger partial charge is 0.497 e. The summed E-state index contributed by atoms with van der Waals surface area (Å²) >= 11 is 0. The molecular formula is C17H18O5. The molecule has 5 heteroatoms. The molecule has 0 fully saturated rings. The number of hydrogen-bond donors (Lipinski definition) is 1. The third kappa shape index (κ3) is 3.91. The van der Waals surface area contributed by atoms with Crippen LogP contribution in [0.2, 0.25) is 0 Å². The Morgan fingerprint density at radius 3 is 2.23 bits per heavy atom. The van der Waals surface area contributed by atoms with E-state index in [0.29, 0.717) is 22.8 Å². The van der Waals surface area contributed by atoms with Gasteiger partial charge in [0.2, 0.25) is 0 Å². The fourth-order valence-corrected chi connectivity index (χ4v) is 2.04. The monoisotopic (exact) mass is 302 g/mol. The lowest BCUT2D eigenvalue weighted by Gasteiger charge is -2.15. The van der Waals surface area contributed by atoms with Crippen LogP contribution in [-0.4, -0.2) is 31.9 Å². The first-order valence-electron chi connectivity index (χ1n) is 6.77. The molecule has 5 nitrogen and oxygen atoms in total. The molecule has 22 heavy (non-hydrogen) atoms. The van der Waals surface area contributed by atoms with Gasteiger partial charge >= 0.3 is 5.97 Å². The summed E-state index contributed by atoms with van der Waals surface area (Å²) < 4.78 is 15.8. The van der Waals surface area contributed by atoms with Crippen molar-refractivity contribution in [2.24, 2.45) is 0 Å². The predicted molar refractivity (Wildman–Crippen MR) is 81.9 cm³/mol. The lowest BCUT2D eigenvalue weighted by molar-refractivity contribution is -0.139. The Kier molecular flexibility index (Phi) is 5.25. The van der Waals surface area contributed by atoms with Gasteiger partial charge in [0, 0.05) is 6.07 Å². The van der Waals surface area contributed by atoms with Gasteiger partial charge in [0.1, 0.15) is 29.8 Å². The Morgan fingerprint density at radius 2 is 1.59 bits per heavy atom. The number of benzene rings is 2. The highest BCUT2D eigenvalue weighted by atomic mass is 16.5. The Balaban J connectivity index is 2.13. The third-order valence-electron chi connectivity index (χ3n) is 3.25. The second-order valence-electron chi connectivity index (χ2n) is 4.66. The number of carboxylic acids is 1. The maximum absolute atomic E-state index is 11.5. The summed E-state index contributed by atoms with van der Waals surface area (Å²) in [5.41, 5.74) is 0.634. The van der Waals surface area contributed by atoms with Gasteiger partial charge in [0.25, 0.3) is 0 Å². The lowest BCUT2D eigenvalue weighted by atomic mass is 10.00. The van der Waals surface area contributed by atoms with Crippen LogP contribution in [0.5, 0.6) is 17.2 Å². The molecule has 2 aromatic rings. The molecule has 0 heterocycles. The molecule has 116 valence electrons. The van der Waals surface area contributed by atoms with Crippen molar-refractivity contribution < 1.29 is 24.1 Å². The zero-order valence-electron chi connectivity index (χ0n) is 12.5. The van der Waals surface area contributed by atoms with E-state index in [-0.39, 0.29) is 6.61 Å². The number of methoxy groups -OCH3 is 2. The first kappa shape index (κ1) is 15.7. The second kappa shape index (κ2) is 7.36. The Hall–Kier alpha value is -2.69. The minimum atomic E-state index is -0.948. The van der Waals surface area contributed by atoms with Crippen LogP contribution in [0.3, 0.4) is 0 Å². The van der Waals surface area contributed by atoms with Crippen molar-refractivity contribution in [3.63, 3.8) is 0 Å². The first-order chi connectivity index (χ1) is 10.6. The fraction of sp³-hybridized carbons (Fsp3) is 0.235. The molecule has 0 amide bonds. The molecule has 0 aliphatic rings. The molecule has 0 aliphatic heterocycles. The number of carbonyl (C=O) groups is 1. The van der Waals surface area contributed by atoms with E-state index in [1.807, 2.05) is 0 Å². The van der Waals surface area contributed by atoms with Gasteiger partial charge in [-0.3, -0.25) is 4.79 Å². The maximum Gasteiger partial charge on any atom is 0.314 e. The molecule has 1 N–H and O–H groups in total. The van der Waals surface area contributed by atoms with Crippen LogP contribution in [0.15, 0.2) is 48.5 Å². The van der Waals surface area contributed by atoms with Crippen LogP contribution in [-0.2, 0) is 4.79 Å². The minimum absolute atomic E-state index is 0.0235. The number of ether oxygens (including phenoxy) is 3. The van der Waals surface area contributed by atoms with E-state index < -0.39 is 11.9 Å². The fourth-order valence-electron chi connectivity index (χ4n) is 2.04. The van der Waals surface area contributed by atoms with Crippen molar-refractivity contribution in [3.8, 4) is 17.2 Å². The Labute approximate surface area is 129 Å². The second-order valence-corrected chi connectivity index (χ2v) is 4.66. The van der Waals surface area contributed by atoms with Crippen LogP contribution in [0.25, 0.3) is 0 Å². The van der Waals surface area contributed by atoms with Crippen LogP contribution in [0.4, 0.5) is 0 Å². The summed E-state index contributed by atoms with van der Waals surface area (Å²) in [4.78, 5) is 11.5. The SMILES string of the molecule is COc1cccc(OCC(C(=O)O)c2cccc(OC)c2)c1. The minimum Gasteiger partial charge on any atom is -0.497 e. The number of aliphatic carboxylic acids is 1. The maximum atomic E-state index is 11.5. The Bertz CT molecular complexity index is 638. The molecule has 0 bridgehead atoms. The predicted octanol–water partition coefficient (Wildman–Crippen LogP) is 2.95. The van der Waals surface area contributed by atoms with Gasteiger partial charge < -0.3 is 19.3 Å². The van der Waals surface area contributed by atoms with E-state index in [0.717, 1.165) is 0 Å². The highest BCUT2D eigenvalue weighted by Gasteiger charge is 2.21. The molecule has 1 atom stereocenters. The van der Waals surface area contributed by atoms with Crippen molar-refractivity contribution in [2.75, 3.05) is 20.8 Å². The molecule has 2 rings (SSSR count). The van der Waals surface area contributed by atoms with Gasteiger partial charge in [-0.25, -0.2) is 0 Å². The summed E-state index contributed by atoms with van der Waals surface area (Å²) in [6.07, 6.45) is 0. The van der Waals surface area contributed by atoms with Crippen LogP contribution >= 0.6 is 0 Å². The van der Waals surface area contributed by atoms with Gasteiger partial charge in [-0.1, -0.05) is 18.2 Å². The zero-order chi connectivity index (χ0) is 15.9. The summed E-state index contributed by atoms with van der Waals surface area (Å²) in [6, 6.07) is 14.0. The molecule has 0 spiro atoms.